The van der Waals surface area contributed by atoms with Crippen LogP contribution in [0.15, 0.2) is 6.07 Å². The van der Waals surface area contributed by atoms with Gasteiger partial charge in [-0.2, -0.15) is 4.98 Å². The second kappa shape index (κ2) is 7.87. The van der Waals surface area contributed by atoms with Crippen molar-refractivity contribution in [2.24, 2.45) is 5.84 Å². The summed E-state index contributed by atoms with van der Waals surface area (Å²) >= 11 is 0. The third-order valence-electron chi connectivity index (χ3n) is 2.75. The highest BCUT2D eigenvalue weighted by Gasteiger charge is 2.07. The third kappa shape index (κ3) is 5.31. The highest BCUT2D eigenvalue weighted by atomic mass is 16.5. The van der Waals surface area contributed by atoms with Crippen LogP contribution in [0.5, 0.6) is 5.88 Å². The van der Waals surface area contributed by atoms with Gasteiger partial charge in [0.2, 0.25) is 11.8 Å². The predicted molar refractivity (Wildman–Crippen MR) is 73.4 cm³/mol. The fourth-order valence-corrected chi connectivity index (χ4v) is 1.79. The van der Waals surface area contributed by atoms with E-state index in [0.717, 1.165) is 12.1 Å². The first kappa shape index (κ1) is 14.7. The average Bonchev–Trinajstić information content (AvgIpc) is 2.34. The summed E-state index contributed by atoms with van der Waals surface area (Å²) in [5, 5.41) is 0. The zero-order chi connectivity index (χ0) is 13.4. The molecule has 0 saturated carbocycles. The van der Waals surface area contributed by atoms with E-state index in [4.69, 9.17) is 10.6 Å². The van der Waals surface area contributed by atoms with Crippen LogP contribution in [0.2, 0.25) is 0 Å². The van der Waals surface area contributed by atoms with E-state index in [-0.39, 0.29) is 6.10 Å². The molecule has 3 N–H and O–H groups in total. The van der Waals surface area contributed by atoms with Gasteiger partial charge in [0.1, 0.15) is 0 Å². The number of aromatic nitrogens is 2. The number of nitrogen functional groups attached to an aromatic ring is 1. The SMILES string of the molecule is CCCCCCC(C)Oc1cc(C)nc(NN)n1. The second-order valence-electron chi connectivity index (χ2n) is 4.59. The normalized spacial score (nSPS) is 12.2. The Labute approximate surface area is 109 Å². The Hall–Kier alpha value is -1.36. The maximum atomic E-state index is 5.77. The Bertz CT molecular complexity index is 357. The number of unbranched alkanes of at least 4 members (excludes halogenated alkanes) is 3. The molecule has 0 amide bonds. The summed E-state index contributed by atoms with van der Waals surface area (Å²) in [5.41, 5.74) is 3.28. The van der Waals surface area contributed by atoms with Crippen LogP contribution in [0, 0.1) is 6.92 Å². The van der Waals surface area contributed by atoms with E-state index in [1.165, 1.54) is 25.7 Å². The van der Waals surface area contributed by atoms with Crippen LogP contribution in [0.3, 0.4) is 0 Å². The molecule has 1 heterocycles. The molecule has 18 heavy (non-hydrogen) atoms. The fraction of sp³-hybridized carbons (Fsp3) is 0.692. The monoisotopic (exact) mass is 252 g/mol. The molecule has 1 atom stereocenters. The maximum absolute atomic E-state index is 5.77. The molecule has 1 rings (SSSR count). The minimum Gasteiger partial charge on any atom is -0.475 e. The van der Waals surface area contributed by atoms with Crippen LogP contribution < -0.4 is 16.0 Å². The number of ether oxygens (including phenoxy) is 1. The molecule has 0 aliphatic rings. The Morgan fingerprint density at radius 1 is 1.33 bits per heavy atom. The van der Waals surface area contributed by atoms with Crippen LogP contribution in [0.25, 0.3) is 0 Å². The van der Waals surface area contributed by atoms with Crippen molar-refractivity contribution in [2.75, 3.05) is 5.43 Å². The van der Waals surface area contributed by atoms with Gasteiger partial charge in [-0.3, -0.25) is 5.43 Å². The fourth-order valence-electron chi connectivity index (χ4n) is 1.79. The number of hydrogen-bond acceptors (Lipinski definition) is 5. The van der Waals surface area contributed by atoms with E-state index < -0.39 is 0 Å². The van der Waals surface area contributed by atoms with E-state index in [1.807, 2.05) is 13.0 Å². The van der Waals surface area contributed by atoms with Gasteiger partial charge in [-0.05, 0) is 26.7 Å². The van der Waals surface area contributed by atoms with Gasteiger partial charge in [0.05, 0.1) is 6.10 Å². The molecule has 0 bridgehead atoms. The smallest absolute Gasteiger partial charge is 0.240 e. The van der Waals surface area contributed by atoms with Gasteiger partial charge >= 0.3 is 0 Å². The number of nitrogens with one attached hydrogen (secondary N) is 1. The van der Waals surface area contributed by atoms with Crippen molar-refractivity contribution in [3.63, 3.8) is 0 Å². The summed E-state index contributed by atoms with van der Waals surface area (Å²) in [6.07, 6.45) is 6.23. The molecule has 0 radical (unpaired) electrons. The Morgan fingerprint density at radius 2 is 2.11 bits per heavy atom. The van der Waals surface area contributed by atoms with Crippen LogP contribution in [-0.2, 0) is 0 Å². The molecule has 1 aromatic rings. The number of nitrogens with zero attached hydrogens (tertiary/aromatic N) is 2. The van der Waals surface area contributed by atoms with E-state index in [0.29, 0.717) is 11.8 Å². The first-order valence-electron chi connectivity index (χ1n) is 6.64. The van der Waals surface area contributed by atoms with Gasteiger partial charge in [0.15, 0.2) is 0 Å². The van der Waals surface area contributed by atoms with Crippen molar-refractivity contribution >= 4 is 5.95 Å². The van der Waals surface area contributed by atoms with Crippen molar-refractivity contribution in [3.8, 4) is 5.88 Å². The van der Waals surface area contributed by atoms with E-state index in [2.05, 4.69) is 29.2 Å². The van der Waals surface area contributed by atoms with Crippen LogP contribution >= 0.6 is 0 Å². The summed E-state index contributed by atoms with van der Waals surface area (Å²) in [7, 11) is 0. The minimum absolute atomic E-state index is 0.168. The van der Waals surface area contributed by atoms with Gasteiger partial charge < -0.3 is 4.74 Å². The number of anilines is 1. The molecule has 1 unspecified atom stereocenters. The molecule has 5 heteroatoms. The molecule has 1 aromatic heterocycles. The second-order valence-corrected chi connectivity index (χ2v) is 4.59. The molecule has 0 aliphatic heterocycles. The van der Waals surface area contributed by atoms with E-state index >= 15 is 0 Å². The van der Waals surface area contributed by atoms with E-state index in [9.17, 15) is 0 Å². The van der Waals surface area contributed by atoms with Crippen molar-refractivity contribution in [3.05, 3.63) is 11.8 Å². The van der Waals surface area contributed by atoms with Crippen molar-refractivity contribution in [2.45, 2.75) is 59.0 Å². The molecular formula is C13H24N4O. The Morgan fingerprint density at radius 3 is 2.78 bits per heavy atom. The largest absolute Gasteiger partial charge is 0.475 e. The minimum atomic E-state index is 0.168. The zero-order valence-corrected chi connectivity index (χ0v) is 11.6. The maximum Gasteiger partial charge on any atom is 0.240 e. The Balaban J connectivity index is 2.43. The lowest BCUT2D eigenvalue weighted by Gasteiger charge is -2.14. The number of hydrazine groups is 1. The number of rotatable bonds is 8. The van der Waals surface area contributed by atoms with Crippen LogP contribution in [-0.4, -0.2) is 16.1 Å². The topological polar surface area (TPSA) is 73.1 Å². The highest BCUT2D eigenvalue weighted by molar-refractivity contribution is 5.28. The van der Waals surface area contributed by atoms with Gasteiger partial charge in [-0.25, -0.2) is 10.8 Å². The van der Waals surface area contributed by atoms with Gasteiger partial charge in [-0.15, -0.1) is 0 Å². The number of aryl methyl sites for hydroxylation is 1. The average molecular weight is 252 g/mol. The van der Waals surface area contributed by atoms with Crippen molar-refractivity contribution in [1.29, 1.82) is 0 Å². The molecule has 102 valence electrons. The standard InChI is InChI=1S/C13H24N4O/c1-4-5-6-7-8-11(3)18-12-9-10(2)15-13(16-12)17-14/h9,11H,4-8,14H2,1-3H3,(H,15,16,17). The molecule has 0 saturated heterocycles. The summed E-state index contributed by atoms with van der Waals surface area (Å²) in [5.74, 6) is 6.28. The predicted octanol–water partition coefficient (Wildman–Crippen LogP) is 2.81. The van der Waals surface area contributed by atoms with Crippen molar-refractivity contribution in [1.82, 2.24) is 9.97 Å². The van der Waals surface area contributed by atoms with Gasteiger partial charge in [-0.1, -0.05) is 26.2 Å². The summed E-state index contributed by atoms with van der Waals surface area (Å²) in [6.45, 7) is 6.17. The highest BCUT2D eigenvalue weighted by Crippen LogP contribution is 2.15. The number of hydrogen-bond donors (Lipinski definition) is 2. The lowest BCUT2D eigenvalue weighted by atomic mass is 10.1. The molecular weight excluding hydrogens is 228 g/mol. The quantitative estimate of drug-likeness (QED) is 0.423. The van der Waals surface area contributed by atoms with E-state index in [1.54, 1.807) is 0 Å². The van der Waals surface area contributed by atoms with Crippen LogP contribution in [0.4, 0.5) is 5.95 Å². The van der Waals surface area contributed by atoms with Gasteiger partial charge in [0, 0.05) is 11.8 Å². The molecule has 0 spiro atoms. The summed E-state index contributed by atoms with van der Waals surface area (Å²) in [4.78, 5) is 8.29. The first-order chi connectivity index (χ1) is 8.65. The Kier molecular flexibility index (Phi) is 6.43. The van der Waals surface area contributed by atoms with Crippen molar-refractivity contribution < 1.29 is 4.74 Å². The summed E-state index contributed by atoms with van der Waals surface area (Å²) < 4.78 is 5.77. The van der Waals surface area contributed by atoms with Crippen LogP contribution in [0.1, 0.15) is 51.6 Å². The number of nitrogens with two attached hydrogens (primary N) is 1. The van der Waals surface area contributed by atoms with Gasteiger partial charge in [0.25, 0.3) is 0 Å². The first-order valence-corrected chi connectivity index (χ1v) is 6.64. The zero-order valence-electron chi connectivity index (χ0n) is 11.6. The summed E-state index contributed by atoms with van der Waals surface area (Å²) in [6, 6.07) is 1.82. The molecule has 0 aromatic carbocycles. The molecule has 5 nitrogen and oxygen atoms in total. The molecule has 0 aliphatic carbocycles. The lowest BCUT2D eigenvalue weighted by molar-refractivity contribution is 0.198. The lowest BCUT2D eigenvalue weighted by Crippen LogP contribution is -2.15. The third-order valence-corrected chi connectivity index (χ3v) is 2.75. The molecule has 0 fully saturated rings.